The molecule has 1 unspecified atom stereocenters. The molecule has 0 fully saturated rings. The summed E-state index contributed by atoms with van der Waals surface area (Å²) >= 11 is 0. The van der Waals surface area contributed by atoms with Gasteiger partial charge in [-0.2, -0.15) is 0 Å². The van der Waals surface area contributed by atoms with Crippen molar-refractivity contribution >= 4 is 0 Å². The van der Waals surface area contributed by atoms with Crippen LogP contribution in [-0.4, -0.2) is 14.8 Å². The minimum absolute atomic E-state index is 0.121. The summed E-state index contributed by atoms with van der Waals surface area (Å²) in [7, 11) is 0. The molecule has 0 aliphatic rings. The molecule has 5 heteroatoms. The van der Waals surface area contributed by atoms with Crippen LogP contribution in [0.1, 0.15) is 31.4 Å². The zero-order valence-corrected chi connectivity index (χ0v) is 9.76. The quantitative estimate of drug-likeness (QED) is 0.835. The average Bonchev–Trinajstić information content (AvgIpc) is 2.72. The van der Waals surface area contributed by atoms with Gasteiger partial charge >= 0.3 is 0 Å². The number of nitrogens with zero attached hydrogens (tertiary/aromatic N) is 2. The van der Waals surface area contributed by atoms with E-state index < -0.39 is 0 Å². The summed E-state index contributed by atoms with van der Waals surface area (Å²) in [5.41, 5.74) is 6.43. The molecule has 3 N–H and O–H groups in total. The monoisotopic (exact) mass is 232 g/mol. The first-order chi connectivity index (χ1) is 8.24. The van der Waals surface area contributed by atoms with Gasteiger partial charge in [0.25, 0.3) is 5.56 Å². The minimum atomic E-state index is -0.214. The van der Waals surface area contributed by atoms with Gasteiger partial charge in [-0.05, 0) is 18.6 Å². The van der Waals surface area contributed by atoms with Gasteiger partial charge in [0, 0.05) is 18.4 Å². The van der Waals surface area contributed by atoms with Gasteiger partial charge in [-0.25, -0.2) is 9.67 Å². The van der Waals surface area contributed by atoms with Crippen LogP contribution in [-0.2, 0) is 0 Å². The average molecular weight is 232 g/mol. The van der Waals surface area contributed by atoms with Crippen LogP contribution in [0.4, 0.5) is 0 Å². The Morgan fingerprint density at radius 3 is 3.00 bits per heavy atom. The highest BCUT2D eigenvalue weighted by Crippen LogP contribution is 2.11. The summed E-state index contributed by atoms with van der Waals surface area (Å²) in [5.74, 6) is 0.576. The zero-order chi connectivity index (χ0) is 12.3. The molecule has 1 atom stereocenters. The topological polar surface area (TPSA) is 76.7 Å². The molecule has 2 heterocycles. The van der Waals surface area contributed by atoms with E-state index >= 15 is 0 Å². The highest BCUT2D eigenvalue weighted by molar-refractivity contribution is 5.23. The van der Waals surface area contributed by atoms with Gasteiger partial charge in [-0.15, -0.1) is 0 Å². The van der Waals surface area contributed by atoms with Gasteiger partial charge in [0.2, 0.25) is 0 Å². The van der Waals surface area contributed by atoms with Gasteiger partial charge in [-0.3, -0.25) is 9.89 Å². The maximum atomic E-state index is 12.1. The summed E-state index contributed by atoms with van der Waals surface area (Å²) in [6, 6.07) is 5.20. The van der Waals surface area contributed by atoms with Crippen LogP contribution >= 0.6 is 0 Å². The number of hydrogen-bond acceptors (Lipinski definition) is 3. The lowest BCUT2D eigenvalue weighted by atomic mass is 10.1. The van der Waals surface area contributed by atoms with Crippen LogP contribution in [0.25, 0.3) is 5.82 Å². The molecular formula is C12H16N4O. The molecule has 5 nitrogen and oxygen atoms in total. The van der Waals surface area contributed by atoms with Crippen molar-refractivity contribution < 1.29 is 0 Å². The summed E-state index contributed by atoms with van der Waals surface area (Å²) in [6.45, 7) is 2.05. The number of nitrogens with two attached hydrogens (primary N) is 1. The molecule has 2 aromatic rings. The molecule has 0 aromatic carbocycles. The van der Waals surface area contributed by atoms with E-state index in [1.807, 2.05) is 13.0 Å². The Hall–Kier alpha value is -1.88. The highest BCUT2D eigenvalue weighted by atomic mass is 16.1. The number of aromatic nitrogens is 3. The maximum absolute atomic E-state index is 12.1. The van der Waals surface area contributed by atoms with Crippen LogP contribution in [0, 0.1) is 0 Å². The molecule has 0 saturated carbocycles. The lowest BCUT2D eigenvalue weighted by Crippen LogP contribution is -2.23. The molecular weight excluding hydrogens is 216 g/mol. The Balaban J connectivity index is 2.37. The van der Waals surface area contributed by atoms with E-state index in [2.05, 4.69) is 10.1 Å². The summed E-state index contributed by atoms with van der Waals surface area (Å²) in [5, 5.41) is 2.89. The van der Waals surface area contributed by atoms with E-state index in [9.17, 15) is 4.79 Å². The lowest BCUT2D eigenvalue weighted by Gasteiger charge is -2.05. The first kappa shape index (κ1) is 11.6. The van der Waals surface area contributed by atoms with E-state index in [4.69, 9.17) is 5.73 Å². The van der Waals surface area contributed by atoms with Crippen molar-refractivity contribution in [2.45, 2.75) is 25.8 Å². The molecule has 0 radical (unpaired) electrons. The molecule has 0 aliphatic heterocycles. The molecule has 0 amide bonds. The third-order valence-corrected chi connectivity index (χ3v) is 2.68. The van der Waals surface area contributed by atoms with Crippen molar-refractivity contribution in [1.29, 1.82) is 0 Å². The van der Waals surface area contributed by atoms with Crippen LogP contribution in [0.5, 0.6) is 0 Å². The summed E-state index contributed by atoms with van der Waals surface area (Å²) in [4.78, 5) is 16.2. The maximum Gasteiger partial charge on any atom is 0.277 e. The van der Waals surface area contributed by atoms with Crippen molar-refractivity contribution in [1.82, 2.24) is 14.8 Å². The molecule has 17 heavy (non-hydrogen) atoms. The van der Waals surface area contributed by atoms with Crippen LogP contribution in [0.2, 0.25) is 0 Å². The zero-order valence-electron chi connectivity index (χ0n) is 9.76. The molecule has 0 aliphatic carbocycles. The second kappa shape index (κ2) is 4.97. The molecule has 90 valence electrons. The smallest absolute Gasteiger partial charge is 0.277 e. The second-order valence-electron chi connectivity index (χ2n) is 3.95. The minimum Gasteiger partial charge on any atom is -0.324 e. The van der Waals surface area contributed by atoms with Crippen LogP contribution < -0.4 is 11.3 Å². The Labute approximate surface area is 99.3 Å². The van der Waals surface area contributed by atoms with Crippen LogP contribution in [0.3, 0.4) is 0 Å². The third-order valence-electron chi connectivity index (χ3n) is 2.68. The van der Waals surface area contributed by atoms with E-state index in [0.29, 0.717) is 11.4 Å². The number of H-pyrrole nitrogens is 1. The molecule has 0 saturated heterocycles. The van der Waals surface area contributed by atoms with Gasteiger partial charge in [0.15, 0.2) is 5.82 Å². The van der Waals surface area contributed by atoms with E-state index in [0.717, 1.165) is 12.8 Å². The SMILES string of the molecule is CCCC(N)c1c[nH]n(-c2ccccn2)c1=O. The van der Waals surface area contributed by atoms with E-state index in [1.165, 1.54) is 4.68 Å². The fraction of sp³-hybridized carbons (Fsp3) is 0.333. The Kier molecular flexibility index (Phi) is 3.39. The first-order valence-corrected chi connectivity index (χ1v) is 5.71. The Bertz CT molecular complexity index is 529. The summed E-state index contributed by atoms with van der Waals surface area (Å²) < 4.78 is 1.41. The number of nitrogens with one attached hydrogen (secondary N) is 1. The number of rotatable bonds is 4. The van der Waals surface area contributed by atoms with Gasteiger partial charge in [-0.1, -0.05) is 19.4 Å². The Morgan fingerprint density at radius 1 is 1.53 bits per heavy atom. The third kappa shape index (κ3) is 2.29. The van der Waals surface area contributed by atoms with Crippen molar-refractivity contribution in [3.05, 3.63) is 46.5 Å². The van der Waals surface area contributed by atoms with Gasteiger partial charge in [0.1, 0.15) is 0 Å². The largest absolute Gasteiger partial charge is 0.324 e. The molecule has 2 rings (SSSR count). The number of hydrogen-bond donors (Lipinski definition) is 2. The normalized spacial score (nSPS) is 12.6. The van der Waals surface area contributed by atoms with Crippen molar-refractivity contribution in [2.75, 3.05) is 0 Å². The van der Waals surface area contributed by atoms with E-state index in [-0.39, 0.29) is 11.6 Å². The standard InChI is InChI=1S/C12H16N4O/c1-2-5-10(13)9-8-15-16(12(9)17)11-6-3-4-7-14-11/h3-4,6-8,10,15H,2,5,13H2,1H3. The predicted molar refractivity (Wildman–Crippen MR) is 66.0 cm³/mol. The van der Waals surface area contributed by atoms with Crippen molar-refractivity contribution in [2.24, 2.45) is 5.73 Å². The lowest BCUT2D eigenvalue weighted by molar-refractivity contribution is 0.633. The van der Waals surface area contributed by atoms with E-state index in [1.54, 1.807) is 24.5 Å². The molecule has 0 spiro atoms. The highest BCUT2D eigenvalue weighted by Gasteiger charge is 2.14. The second-order valence-corrected chi connectivity index (χ2v) is 3.95. The van der Waals surface area contributed by atoms with Gasteiger partial charge in [0.05, 0.1) is 5.56 Å². The van der Waals surface area contributed by atoms with Crippen molar-refractivity contribution in [3.8, 4) is 5.82 Å². The molecule has 2 aromatic heterocycles. The first-order valence-electron chi connectivity index (χ1n) is 5.71. The number of pyridine rings is 1. The van der Waals surface area contributed by atoms with Crippen LogP contribution in [0.15, 0.2) is 35.4 Å². The fourth-order valence-electron chi connectivity index (χ4n) is 1.77. The van der Waals surface area contributed by atoms with Gasteiger partial charge < -0.3 is 5.73 Å². The summed E-state index contributed by atoms with van der Waals surface area (Å²) in [6.07, 6.45) is 5.07. The Morgan fingerprint density at radius 2 is 2.35 bits per heavy atom. The predicted octanol–water partition coefficient (Wildman–Crippen LogP) is 1.36. The fourth-order valence-corrected chi connectivity index (χ4v) is 1.77. The van der Waals surface area contributed by atoms with Crippen molar-refractivity contribution in [3.63, 3.8) is 0 Å². The molecule has 0 bridgehead atoms. The number of aromatic amines is 1.